The molecule has 6 atom stereocenters. The molecule has 0 aromatic rings. The predicted octanol–water partition coefficient (Wildman–Crippen LogP) is 6.77. The van der Waals surface area contributed by atoms with Crippen LogP contribution < -0.4 is 0 Å². The number of hydrogen-bond donors (Lipinski definition) is 1. The van der Waals surface area contributed by atoms with Gasteiger partial charge in [0.05, 0.1) is 0 Å². The van der Waals surface area contributed by atoms with Gasteiger partial charge in [0, 0.05) is 5.57 Å². The lowest BCUT2D eigenvalue weighted by atomic mass is 9.46. The van der Waals surface area contributed by atoms with E-state index < -0.39 is 5.97 Å². The molecule has 0 heterocycles. The van der Waals surface area contributed by atoms with Crippen LogP contribution in [0.2, 0.25) is 0 Å². The van der Waals surface area contributed by atoms with E-state index in [1.807, 2.05) is 0 Å². The number of hydrogen-bond acceptors (Lipinski definition) is 1. The van der Waals surface area contributed by atoms with E-state index in [2.05, 4.69) is 32.9 Å². The van der Waals surface area contributed by atoms with E-state index in [9.17, 15) is 9.90 Å². The molecule has 0 amide bonds. The average molecular weight is 371 g/mol. The van der Waals surface area contributed by atoms with Crippen LogP contribution in [-0.4, -0.2) is 11.1 Å². The van der Waals surface area contributed by atoms with Crippen LogP contribution in [0.4, 0.5) is 0 Å². The molecule has 0 spiro atoms. The fraction of sp³-hybridized carbons (Fsp3) is 0.800. The van der Waals surface area contributed by atoms with Gasteiger partial charge in [-0.2, -0.15) is 0 Å². The second-order valence-electron chi connectivity index (χ2n) is 10.5. The number of rotatable bonds is 5. The Morgan fingerprint density at radius 1 is 1.19 bits per heavy atom. The van der Waals surface area contributed by atoms with E-state index in [4.69, 9.17) is 0 Å². The van der Waals surface area contributed by atoms with Crippen LogP contribution in [0.5, 0.6) is 0 Å². The highest BCUT2D eigenvalue weighted by Crippen LogP contribution is 2.66. The van der Waals surface area contributed by atoms with Gasteiger partial charge in [0.15, 0.2) is 0 Å². The summed E-state index contributed by atoms with van der Waals surface area (Å²) in [6.07, 6.45) is 18.4. The van der Waals surface area contributed by atoms with Gasteiger partial charge in [0.2, 0.25) is 0 Å². The van der Waals surface area contributed by atoms with Gasteiger partial charge in [-0.15, -0.1) is 0 Å². The summed E-state index contributed by atoms with van der Waals surface area (Å²) in [5, 5.41) is 9.70. The highest BCUT2D eigenvalue weighted by Gasteiger charge is 2.57. The normalized spacial score (nSPS) is 43.2. The van der Waals surface area contributed by atoms with Crippen LogP contribution in [0.3, 0.4) is 0 Å². The number of fused-ring (bicyclic) bond motifs is 5. The Hall–Kier alpha value is -1.05. The Kier molecular flexibility index (Phi) is 5.06. The molecule has 0 saturated heterocycles. The number of aliphatic carboxylic acids is 1. The van der Waals surface area contributed by atoms with Crippen molar-refractivity contribution < 1.29 is 9.90 Å². The summed E-state index contributed by atoms with van der Waals surface area (Å²) in [5.41, 5.74) is 2.80. The summed E-state index contributed by atoms with van der Waals surface area (Å²) >= 11 is 0. The summed E-state index contributed by atoms with van der Waals surface area (Å²) in [5.74, 6) is 2.28. The number of unbranched alkanes of at least 4 members (excludes halogenated alkanes) is 2. The SMILES string of the molecule is CCCCCC1CC(C(=O)O)=CC2=CC[C@H]3[C@@H]4CCC[C@@]4(C)CC[C@@H]3[C@]21C. The second-order valence-corrected chi connectivity index (χ2v) is 10.5. The van der Waals surface area contributed by atoms with E-state index in [0.717, 1.165) is 24.2 Å². The van der Waals surface area contributed by atoms with Crippen LogP contribution in [-0.2, 0) is 4.79 Å². The smallest absolute Gasteiger partial charge is 0.331 e. The van der Waals surface area contributed by atoms with Crippen molar-refractivity contribution in [1.29, 1.82) is 0 Å². The molecule has 0 bridgehead atoms. The topological polar surface area (TPSA) is 37.3 Å². The summed E-state index contributed by atoms with van der Waals surface area (Å²) in [7, 11) is 0. The zero-order chi connectivity index (χ0) is 19.2. The third kappa shape index (κ3) is 3.02. The Balaban J connectivity index is 1.69. The first kappa shape index (κ1) is 19.3. The molecule has 0 aromatic heterocycles. The van der Waals surface area contributed by atoms with E-state index >= 15 is 0 Å². The standard InChI is InChI=1S/C25H38O2/c1-4-5-6-8-18-15-17(23(26)27)16-19-10-11-20-21-9-7-13-24(21,2)14-12-22(20)25(18,19)3/h10,16,18,20-22H,4-9,11-15H2,1-3H3,(H,26,27)/t18?,20-,21-,22-,24-,25-/m0/s1. The van der Waals surface area contributed by atoms with Gasteiger partial charge in [-0.25, -0.2) is 4.79 Å². The van der Waals surface area contributed by atoms with Crippen molar-refractivity contribution in [2.75, 3.05) is 0 Å². The Morgan fingerprint density at radius 3 is 2.74 bits per heavy atom. The molecule has 0 radical (unpaired) electrons. The fourth-order valence-electron chi connectivity index (χ4n) is 7.72. The van der Waals surface area contributed by atoms with Gasteiger partial charge in [0.1, 0.15) is 0 Å². The molecule has 4 aliphatic rings. The van der Waals surface area contributed by atoms with Gasteiger partial charge in [-0.1, -0.05) is 52.5 Å². The first-order chi connectivity index (χ1) is 12.9. The molecule has 4 rings (SSSR count). The molecule has 2 nitrogen and oxygen atoms in total. The maximum absolute atomic E-state index is 11.8. The van der Waals surface area contributed by atoms with Gasteiger partial charge in [-0.05, 0) is 91.1 Å². The maximum Gasteiger partial charge on any atom is 0.331 e. The van der Waals surface area contributed by atoms with Gasteiger partial charge >= 0.3 is 5.97 Å². The summed E-state index contributed by atoms with van der Waals surface area (Å²) in [4.78, 5) is 11.8. The van der Waals surface area contributed by atoms with Crippen LogP contribution in [0.15, 0.2) is 23.3 Å². The maximum atomic E-state index is 11.8. The van der Waals surface area contributed by atoms with E-state index in [-0.39, 0.29) is 5.41 Å². The Morgan fingerprint density at radius 2 is 2.00 bits per heavy atom. The number of carbonyl (C=O) groups is 1. The predicted molar refractivity (Wildman–Crippen MR) is 110 cm³/mol. The summed E-state index contributed by atoms with van der Waals surface area (Å²) in [6, 6.07) is 0. The Bertz CT molecular complexity index is 659. The van der Waals surface area contributed by atoms with Crippen molar-refractivity contribution in [2.45, 2.75) is 91.4 Å². The first-order valence-electron chi connectivity index (χ1n) is 11.5. The number of carboxylic acid groups (broad SMARTS) is 1. The van der Waals surface area contributed by atoms with E-state index in [0.29, 0.717) is 16.9 Å². The lowest BCUT2D eigenvalue weighted by Crippen LogP contribution is -2.51. The zero-order valence-electron chi connectivity index (χ0n) is 17.6. The van der Waals surface area contributed by atoms with Crippen LogP contribution in [0.25, 0.3) is 0 Å². The molecular formula is C25H38O2. The zero-order valence-corrected chi connectivity index (χ0v) is 17.6. The molecule has 0 aromatic carbocycles. The van der Waals surface area contributed by atoms with Crippen LogP contribution in [0.1, 0.15) is 91.4 Å². The van der Waals surface area contributed by atoms with Crippen LogP contribution in [0, 0.1) is 34.5 Å². The molecule has 4 aliphatic carbocycles. The third-order valence-corrected chi connectivity index (χ3v) is 9.30. The van der Waals surface area contributed by atoms with Gasteiger partial charge in [0.25, 0.3) is 0 Å². The van der Waals surface area contributed by atoms with Crippen molar-refractivity contribution in [3.8, 4) is 0 Å². The Labute approximate surface area is 165 Å². The summed E-state index contributed by atoms with van der Waals surface area (Å²) in [6.45, 7) is 7.33. The van der Waals surface area contributed by atoms with Gasteiger partial charge in [-0.3, -0.25) is 0 Å². The highest BCUT2D eigenvalue weighted by molar-refractivity contribution is 5.87. The highest BCUT2D eigenvalue weighted by atomic mass is 16.4. The quantitative estimate of drug-likeness (QED) is 0.542. The minimum atomic E-state index is -0.701. The van der Waals surface area contributed by atoms with Crippen molar-refractivity contribution in [3.63, 3.8) is 0 Å². The number of carboxylic acids is 1. The third-order valence-electron chi connectivity index (χ3n) is 9.30. The van der Waals surface area contributed by atoms with Crippen LogP contribution >= 0.6 is 0 Å². The lowest BCUT2D eigenvalue weighted by molar-refractivity contribution is -0.133. The first-order valence-corrected chi connectivity index (χ1v) is 11.5. The van der Waals surface area contributed by atoms with Crippen molar-refractivity contribution >= 4 is 5.97 Å². The minimum absolute atomic E-state index is 0.194. The monoisotopic (exact) mass is 370 g/mol. The lowest BCUT2D eigenvalue weighted by Gasteiger charge is -2.58. The fourth-order valence-corrected chi connectivity index (χ4v) is 7.72. The molecule has 27 heavy (non-hydrogen) atoms. The average Bonchev–Trinajstić information content (AvgIpc) is 3.03. The second kappa shape index (κ2) is 7.08. The van der Waals surface area contributed by atoms with Crippen molar-refractivity contribution in [1.82, 2.24) is 0 Å². The summed E-state index contributed by atoms with van der Waals surface area (Å²) < 4.78 is 0. The van der Waals surface area contributed by atoms with E-state index in [1.54, 1.807) is 0 Å². The molecular weight excluding hydrogens is 332 g/mol. The molecule has 2 heteroatoms. The number of allylic oxidation sites excluding steroid dienone is 3. The van der Waals surface area contributed by atoms with Gasteiger partial charge < -0.3 is 5.11 Å². The molecule has 150 valence electrons. The largest absolute Gasteiger partial charge is 0.478 e. The van der Waals surface area contributed by atoms with Crippen molar-refractivity contribution in [3.05, 3.63) is 23.3 Å². The molecule has 2 fully saturated rings. The molecule has 1 unspecified atom stereocenters. The molecule has 2 saturated carbocycles. The molecule has 1 N–H and O–H groups in total. The van der Waals surface area contributed by atoms with E-state index in [1.165, 1.54) is 69.8 Å². The molecule has 0 aliphatic heterocycles. The van der Waals surface area contributed by atoms with Crippen molar-refractivity contribution in [2.24, 2.45) is 34.5 Å². The minimum Gasteiger partial charge on any atom is -0.478 e.